The summed E-state index contributed by atoms with van der Waals surface area (Å²) in [6, 6.07) is 0.101. The quantitative estimate of drug-likeness (QED) is 0.279. The van der Waals surface area contributed by atoms with Gasteiger partial charge in [-0.25, -0.2) is 25.5 Å². The predicted molar refractivity (Wildman–Crippen MR) is 129 cm³/mol. The molecular weight excluding hydrogens is 509 g/mol. The number of rotatable bonds is 9. The molecule has 34 heavy (non-hydrogen) atoms. The first-order valence-electron chi connectivity index (χ1n) is 11.9. The number of hydrogen-bond donors (Lipinski definition) is 3. The molecule has 6 unspecified atom stereocenters. The molecule has 3 rings (SSSR count). The zero-order valence-corrected chi connectivity index (χ0v) is 22.1. The summed E-state index contributed by atoms with van der Waals surface area (Å²) in [7, 11) is -5.38. The molecule has 0 bridgehead atoms. The summed E-state index contributed by atoms with van der Waals surface area (Å²) in [5.74, 6) is -2.48. The van der Waals surface area contributed by atoms with E-state index in [9.17, 15) is 26.0 Å². The number of carbonyl (C=O) groups is 1. The zero-order valence-electron chi connectivity index (χ0n) is 19.8. The highest BCUT2D eigenvalue weighted by molar-refractivity contribution is 7.89. The molecule has 2 aliphatic heterocycles. The molecule has 10 nitrogen and oxygen atoms in total. The van der Waals surface area contributed by atoms with Gasteiger partial charge < -0.3 is 0 Å². The summed E-state index contributed by atoms with van der Waals surface area (Å²) in [5.41, 5.74) is 2.18. The van der Waals surface area contributed by atoms with Crippen molar-refractivity contribution in [3.8, 4) is 0 Å². The van der Waals surface area contributed by atoms with Crippen LogP contribution in [0.15, 0.2) is 0 Å². The molecule has 0 aromatic carbocycles. The molecule has 3 fully saturated rings. The van der Waals surface area contributed by atoms with Gasteiger partial charge in [-0.2, -0.15) is 0 Å². The van der Waals surface area contributed by atoms with Crippen LogP contribution in [0.2, 0.25) is 0 Å². The van der Waals surface area contributed by atoms with Crippen LogP contribution in [0.3, 0.4) is 0 Å². The van der Waals surface area contributed by atoms with Gasteiger partial charge >= 0.3 is 0 Å². The maximum Gasteiger partial charge on any atom is 0.241 e. The Kier molecular flexibility index (Phi) is 9.60. The fourth-order valence-electron chi connectivity index (χ4n) is 5.23. The third kappa shape index (κ3) is 7.23. The fourth-order valence-corrected chi connectivity index (χ4v) is 8.49. The molecule has 3 aliphatic rings. The molecule has 2 saturated heterocycles. The lowest BCUT2D eigenvalue weighted by atomic mass is 9.76. The Morgan fingerprint density at radius 2 is 1.94 bits per heavy atom. The van der Waals surface area contributed by atoms with E-state index in [4.69, 9.17) is 11.6 Å². The smallest absolute Gasteiger partial charge is 0.241 e. The van der Waals surface area contributed by atoms with Gasteiger partial charge in [0, 0.05) is 32.3 Å². The van der Waals surface area contributed by atoms with Crippen LogP contribution in [0.5, 0.6) is 0 Å². The van der Waals surface area contributed by atoms with Crippen molar-refractivity contribution in [2.45, 2.75) is 56.6 Å². The second-order valence-corrected chi connectivity index (χ2v) is 14.3. The van der Waals surface area contributed by atoms with E-state index in [1.54, 1.807) is 6.92 Å². The zero-order chi connectivity index (χ0) is 25.1. The van der Waals surface area contributed by atoms with E-state index in [-0.39, 0.29) is 42.3 Å². The van der Waals surface area contributed by atoms with Gasteiger partial charge in [0.15, 0.2) is 0 Å². The summed E-state index contributed by atoms with van der Waals surface area (Å²) in [4.78, 5) is 16.9. The SMILES string of the molecule is CCCS(=O)(=O)N1CCCC(CS(=O)(=O)NNC(=O)C2CC(C3CN(C)CN3)CC(Cl)C2F)C1. The van der Waals surface area contributed by atoms with Crippen molar-refractivity contribution in [3.05, 3.63) is 0 Å². The van der Waals surface area contributed by atoms with Crippen LogP contribution in [0.25, 0.3) is 0 Å². The Morgan fingerprint density at radius 1 is 1.21 bits per heavy atom. The first kappa shape index (κ1) is 28.0. The van der Waals surface area contributed by atoms with Crippen LogP contribution >= 0.6 is 11.6 Å². The number of sulfonamides is 2. The van der Waals surface area contributed by atoms with Crippen molar-refractivity contribution in [1.82, 2.24) is 24.8 Å². The summed E-state index contributed by atoms with van der Waals surface area (Å²) < 4.78 is 66.0. The van der Waals surface area contributed by atoms with Gasteiger partial charge in [-0.3, -0.25) is 20.4 Å². The summed E-state index contributed by atoms with van der Waals surface area (Å²) in [6.45, 7) is 3.78. The minimum absolute atomic E-state index is 0.00472. The lowest BCUT2D eigenvalue weighted by molar-refractivity contribution is -0.129. The van der Waals surface area contributed by atoms with Gasteiger partial charge in [0.25, 0.3) is 0 Å². The first-order chi connectivity index (χ1) is 15.9. The highest BCUT2D eigenvalue weighted by atomic mass is 35.5. The topological polar surface area (TPSA) is 128 Å². The largest absolute Gasteiger partial charge is 0.300 e. The molecule has 1 saturated carbocycles. The van der Waals surface area contributed by atoms with Crippen LogP contribution in [0.1, 0.15) is 39.0 Å². The van der Waals surface area contributed by atoms with Crippen LogP contribution in [-0.2, 0) is 24.8 Å². The summed E-state index contributed by atoms with van der Waals surface area (Å²) in [5, 5.41) is 2.53. The van der Waals surface area contributed by atoms with E-state index >= 15 is 0 Å². The molecule has 0 radical (unpaired) electrons. The van der Waals surface area contributed by atoms with Crippen molar-refractivity contribution >= 4 is 37.6 Å². The highest BCUT2D eigenvalue weighted by Crippen LogP contribution is 2.37. The molecule has 0 spiro atoms. The average molecular weight is 546 g/mol. The number of nitrogens with one attached hydrogen (secondary N) is 3. The Balaban J connectivity index is 1.54. The van der Waals surface area contributed by atoms with Crippen LogP contribution in [-0.4, -0.2) is 94.4 Å². The third-order valence-electron chi connectivity index (χ3n) is 6.97. The fraction of sp³-hybridized carbons (Fsp3) is 0.950. The third-order valence-corrected chi connectivity index (χ3v) is 10.8. The van der Waals surface area contributed by atoms with Gasteiger partial charge in [-0.15, -0.1) is 16.4 Å². The molecule has 1 amide bonds. The van der Waals surface area contributed by atoms with Gasteiger partial charge in [-0.1, -0.05) is 6.92 Å². The lowest BCUT2D eigenvalue weighted by Gasteiger charge is -2.37. The second kappa shape index (κ2) is 11.7. The molecule has 14 heteroatoms. The van der Waals surface area contributed by atoms with Crippen LogP contribution < -0.4 is 15.6 Å². The van der Waals surface area contributed by atoms with Gasteiger partial charge in [-0.05, 0) is 51.0 Å². The maximum absolute atomic E-state index is 14.8. The number of alkyl halides is 2. The number of hydrogen-bond acceptors (Lipinski definition) is 7. The Hall–Kier alpha value is -0.570. The molecule has 2 heterocycles. The number of halogens is 2. The van der Waals surface area contributed by atoms with Crippen molar-refractivity contribution < 1.29 is 26.0 Å². The molecule has 1 aliphatic carbocycles. The van der Waals surface area contributed by atoms with Gasteiger partial charge in [0.05, 0.1) is 22.8 Å². The van der Waals surface area contributed by atoms with E-state index in [1.165, 1.54) is 4.31 Å². The molecule has 198 valence electrons. The number of hydrazine groups is 1. The normalized spacial score (nSPS) is 34.2. The van der Waals surface area contributed by atoms with Crippen molar-refractivity contribution in [2.24, 2.45) is 17.8 Å². The number of likely N-dealkylation sites (N-methyl/N-ethyl adjacent to an activating group) is 1. The lowest BCUT2D eigenvalue weighted by Crippen LogP contribution is -2.53. The Bertz CT molecular complexity index is 924. The number of nitrogens with zero attached hydrogens (tertiary/aromatic N) is 2. The number of carbonyl (C=O) groups excluding carboxylic acids is 1. The molecule has 6 atom stereocenters. The van der Waals surface area contributed by atoms with E-state index < -0.39 is 43.4 Å². The average Bonchev–Trinajstić information content (AvgIpc) is 3.20. The number of piperidine rings is 1. The van der Waals surface area contributed by atoms with E-state index in [2.05, 4.69) is 20.5 Å². The molecule has 0 aromatic rings. The highest BCUT2D eigenvalue weighted by Gasteiger charge is 2.44. The second-order valence-electron chi connectivity index (χ2n) is 9.86. The first-order valence-corrected chi connectivity index (χ1v) is 15.6. The molecule has 0 aromatic heterocycles. The molecule has 3 N–H and O–H groups in total. The van der Waals surface area contributed by atoms with Gasteiger partial charge in [0.2, 0.25) is 26.0 Å². The van der Waals surface area contributed by atoms with E-state index in [1.807, 2.05) is 7.05 Å². The minimum Gasteiger partial charge on any atom is -0.300 e. The van der Waals surface area contributed by atoms with Crippen LogP contribution in [0, 0.1) is 17.8 Å². The minimum atomic E-state index is -3.94. The Labute approximate surface area is 207 Å². The van der Waals surface area contributed by atoms with E-state index in [0.29, 0.717) is 38.9 Å². The van der Waals surface area contributed by atoms with Gasteiger partial charge in [0.1, 0.15) is 6.17 Å². The monoisotopic (exact) mass is 545 g/mol. The van der Waals surface area contributed by atoms with Crippen molar-refractivity contribution in [2.75, 3.05) is 44.9 Å². The van der Waals surface area contributed by atoms with Crippen molar-refractivity contribution in [1.29, 1.82) is 0 Å². The predicted octanol–water partition coefficient (Wildman–Crippen LogP) is 0.222. The standard InChI is InChI=1S/C20H37ClFN5O5S2/c1-3-7-34(31,32)27-6-4-5-14(10-27)12-33(29,30)25-24-20(28)16-8-15(9-17(21)19(16)22)18-11-26(2)13-23-18/h14-19,23,25H,3-13H2,1-2H3,(H,24,28). The van der Waals surface area contributed by atoms with Crippen molar-refractivity contribution in [3.63, 3.8) is 0 Å². The Morgan fingerprint density at radius 3 is 2.59 bits per heavy atom. The van der Waals surface area contributed by atoms with Crippen LogP contribution in [0.4, 0.5) is 4.39 Å². The summed E-state index contributed by atoms with van der Waals surface area (Å²) in [6.07, 6.45) is 0.783. The maximum atomic E-state index is 14.8. The number of amides is 1. The summed E-state index contributed by atoms with van der Waals surface area (Å²) >= 11 is 6.22. The molecular formula is C20H37ClFN5O5S2. The van der Waals surface area contributed by atoms with E-state index in [0.717, 1.165) is 6.54 Å².